The third-order valence-corrected chi connectivity index (χ3v) is 7.89. The van der Waals surface area contributed by atoms with Crippen LogP contribution in [0.2, 0.25) is 0 Å². The van der Waals surface area contributed by atoms with Gasteiger partial charge in [-0.1, -0.05) is 30.3 Å². The van der Waals surface area contributed by atoms with Gasteiger partial charge in [-0.15, -0.1) is 0 Å². The first-order chi connectivity index (χ1) is 14.7. The molecule has 3 aliphatic rings. The molecule has 0 unspecified atom stereocenters. The van der Waals surface area contributed by atoms with E-state index in [2.05, 4.69) is 58.4 Å². The van der Waals surface area contributed by atoms with Crippen LogP contribution in [0.1, 0.15) is 49.4 Å². The van der Waals surface area contributed by atoms with Crippen molar-refractivity contribution in [2.24, 2.45) is 5.92 Å². The van der Waals surface area contributed by atoms with Crippen molar-refractivity contribution in [3.8, 4) is 0 Å². The molecule has 2 heterocycles. The van der Waals surface area contributed by atoms with Gasteiger partial charge in [0.2, 0.25) is 0 Å². The molecular formula is C25H31N3OS. The Bertz CT molecular complexity index is 920. The number of anilines is 2. The molecule has 1 atom stereocenters. The Morgan fingerprint density at radius 2 is 1.83 bits per heavy atom. The average Bonchev–Trinajstić information content (AvgIpc) is 3.23. The molecule has 2 aromatic rings. The number of carbonyl (C=O) groups is 1. The van der Waals surface area contributed by atoms with Crippen molar-refractivity contribution >= 4 is 29.0 Å². The molecule has 1 aliphatic carbocycles. The molecule has 1 saturated heterocycles. The summed E-state index contributed by atoms with van der Waals surface area (Å²) in [5.41, 5.74) is 3.20. The van der Waals surface area contributed by atoms with Crippen LogP contribution in [-0.2, 0) is 0 Å². The van der Waals surface area contributed by atoms with E-state index in [1.54, 1.807) is 0 Å². The Morgan fingerprint density at radius 1 is 1.07 bits per heavy atom. The SMILES string of the molecule is C[C@H](CN1CCCC1)N1c2ccccc2Sc2ccc(C(=O)NCC3CCC3)cc21. The Kier molecular flexibility index (Phi) is 5.74. The number of fused-ring (bicyclic) bond motifs is 2. The number of hydrogen-bond donors (Lipinski definition) is 1. The Balaban J connectivity index is 1.43. The summed E-state index contributed by atoms with van der Waals surface area (Å²) in [6, 6.07) is 15.2. The average molecular weight is 422 g/mol. The molecule has 30 heavy (non-hydrogen) atoms. The van der Waals surface area contributed by atoms with Gasteiger partial charge in [0, 0.05) is 34.5 Å². The van der Waals surface area contributed by atoms with Gasteiger partial charge in [0.25, 0.3) is 5.91 Å². The smallest absolute Gasteiger partial charge is 0.251 e. The van der Waals surface area contributed by atoms with E-state index < -0.39 is 0 Å². The number of benzene rings is 2. The second-order valence-electron chi connectivity index (χ2n) is 8.99. The zero-order valence-corrected chi connectivity index (χ0v) is 18.6. The van der Waals surface area contributed by atoms with Crippen molar-refractivity contribution in [1.82, 2.24) is 10.2 Å². The fourth-order valence-electron chi connectivity index (χ4n) is 4.86. The quantitative estimate of drug-likeness (QED) is 0.686. The number of rotatable bonds is 6. The summed E-state index contributed by atoms with van der Waals surface area (Å²) >= 11 is 1.81. The lowest BCUT2D eigenvalue weighted by atomic mass is 9.85. The molecule has 1 amide bonds. The van der Waals surface area contributed by atoms with Gasteiger partial charge < -0.3 is 15.1 Å². The van der Waals surface area contributed by atoms with E-state index in [1.165, 1.54) is 66.4 Å². The first kappa shape index (κ1) is 20.0. The molecule has 5 rings (SSSR count). The minimum absolute atomic E-state index is 0.0562. The van der Waals surface area contributed by atoms with Crippen LogP contribution < -0.4 is 10.2 Å². The van der Waals surface area contributed by atoms with Gasteiger partial charge in [0.1, 0.15) is 0 Å². The molecule has 2 fully saturated rings. The normalized spacial score (nSPS) is 19.7. The van der Waals surface area contributed by atoms with Gasteiger partial charge >= 0.3 is 0 Å². The second kappa shape index (κ2) is 8.64. The number of nitrogens with zero attached hydrogens (tertiary/aromatic N) is 2. The largest absolute Gasteiger partial charge is 0.352 e. The zero-order chi connectivity index (χ0) is 20.5. The van der Waals surface area contributed by atoms with E-state index in [4.69, 9.17) is 0 Å². The number of amides is 1. The highest BCUT2D eigenvalue weighted by atomic mass is 32.2. The van der Waals surface area contributed by atoms with E-state index in [-0.39, 0.29) is 5.91 Å². The van der Waals surface area contributed by atoms with Crippen LogP contribution in [0.5, 0.6) is 0 Å². The summed E-state index contributed by atoms with van der Waals surface area (Å²) in [6.07, 6.45) is 6.42. The molecule has 4 nitrogen and oxygen atoms in total. The van der Waals surface area contributed by atoms with Gasteiger partial charge in [0.15, 0.2) is 0 Å². The Labute approximate surface area is 184 Å². The fourth-order valence-corrected chi connectivity index (χ4v) is 5.91. The molecule has 158 valence electrons. The summed E-state index contributed by atoms with van der Waals surface area (Å²) in [5.74, 6) is 0.728. The highest BCUT2D eigenvalue weighted by Gasteiger charge is 2.29. The van der Waals surface area contributed by atoms with Gasteiger partial charge in [-0.25, -0.2) is 0 Å². The van der Waals surface area contributed by atoms with Crippen molar-refractivity contribution in [1.29, 1.82) is 0 Å². The lowest BCUT2D eigenvalue weighted by Gasteiger charge is -2.39. The maximum Gasteiger partial charge on any atom is 0.251 e. The maximum atomic E-state index is 12.8. The standard InChI is InChI=1S/C25H31N3OS/c1-18(17-27-13-4-5-14-27)28-21-9-2-3-10-23(21)30-24-12-11-20(15-22(24)28)25(29)26-16-19-7-6-8-19/h2-3,9-12,15,18-19H,4-8,13-14,16-17H2,1H3,(H,26,29)/t18-/m1/s1. The minimum atomic E-state index is 0.0562. The van der Waals surface area contributed by atoms with Gasteiger partial charge in [-0.3, -0.25) is 4.79 Å². The second-order valence-corrected chi connectivity index (χ2v) is 10.1. The van der Waals surface area contributed by atoms with Crippen LogP contribution in [-0.4, -0.2) is 43.0 Å². The van der Waals surface area contributed by atoms with E-state index in [0.29, 0.717) is 12.0 Å². The number of nitrogens with one attached hydrogen (secondary N) is 1. The highest BCUT2D eigenvalue weighted by Crippen LogP contribution is 2.49. The van der Waals surface area contributed by atoms with Crippen LogP contribution in [0.4, 0.5) is 11.4 Å². The third kappa shape index (κ3) is 3.97. The number of carbonyl (C=O) groups excluding carboxylic acids is 1. The summed E-state index contributed by atoms with van der Waals surface area (Å²) in [5, 5.41) is 3.16. The first-order valence-electron chi connectivity index (χ1n) is 11.4. The Hall–Kier alpha value is -1.98. The molecule has 2 aliphatic heterocycles. The predicted octanol–water partition coefficient (Wildman–Crippen LogP) is 5.30. The van der Waals surface area contributed by atoms with E-state index in [0.717, 1.165) is 18.7 Å². The lowest BCUT2D eigenvalue weighted by Crippen LogP contribution is -2.40. The maximum absolute atomic E-state index is 12.8. The summed E-state index contributed by atoms with van der Waals surface area (Å²) in [6.45, 7) is 6.58. The molecule has 0 spiro atoms. The van der Waals surface area contributed by atoms with Crippen molar-refractivity contribution in [2.45, 2.75) is 54.9 Å². The van der Waals surface area contributed by atoms with Gasteiger partial charge in [-0.05, 0) is 81.9 Å². The highest BCUT2D eigenvalue weighted by molar-refractivity contribution is 7.99. The number of hydrogen-bond acceptors (Lipinski definition) is 4. The summed E-state index contributed by atoms with van der Waals surface area (Å²) < 4.78 is 0. The van der Waals surface area contributed by atoms with E-state index in [9.17, 15) is 4.79 Å². The van der Waals surface area contributed by atoms with E-state index in [1.807, 2.05) is 17.8 Å². The van der Waals surface area contributed by atoms with E-state index >= 15 is 0 Å². The van der Waals surface area contributed by atoms with Crippen LogP contribution in [0, 0.1) is 5.92 Å². The molecule has 0 radical (unpaired) electrons. The number of likely N-dealkylation sites (tertiary alicyclic amines) is 1. The monoisotopic (exact) mass is 421 g/mol. The Morgan fingerprint density at radius 3 is 2.60 bits per heavy atom. The molecular weight excluding hydrogens is 390 g/mol. The fraction of sp³-hybridized carbons (Fsp3) is 0.480. The zero-order valence-electron chi connectivity index (χ0n) is 17.8. The summed E-state index contributed by atoms with van der Waals surface area (Å²) in [7, 11) is 0. The third-order valence-electron chi connectivity index (χ3n) is 6.76. The topological polar surface area (TPSA) is 35.6 Å². The summed E-state index contributed by atoms with van der Waals surface area (Å²) in [4.78, 5) is 20.4. The first-order valence-corrected chi connectivity index (χ1v) is 12.2. The van der Waals surface area contributed by atoms with Crippen LogP contribution in [0.3, 0.4) is 0 Å². The van der Waals surface area contributed by atoms with Crippen molar-refractivity contribution < 1.29 is 4.79 Å². The van der Waals surface area contributed by atoms with Crippen LogP contribution in [0.25, 0.3) is 0 Å². The van der Waals surface area contributed by atoms with Gasteiger partial charge in [0.05, 0.1) is 11.4 Å². The predicted molar refractivity (Wildman–Crippen MR) is 124 cm³/mol. The molecule has 0 aromatic heterocycles. The molecule has 0 bridgehead atoms. The van der Waals surface area contributed by atoms with Crippen LogP contribution >= 0.6 is 11.8 Å². The number of para-hydroxylation sites is 1. The van der Waals surface area contributed by atoms with Crippen molar-refractivity contribution in [2.75, 3.05) is 31.1 Å². The lowest BCUT2D eigenvalue weighted by molar-refractivity contribution is 0.0939. The van der Waals surface area contributed by atoms with Crippen molar-refractivity contribution in [3.05, 3.63) is 48.0 Å². The van der Waals surface area contributed by atoms with Crippen LogP contribution in [0.15, 0.2) is 52.3 Å². The van der Waals surface area contributed by atoms with Gasteiger partial charge in [-0.2, -0.15) is 0 Å². The van der Waals surface area contributed by atoms with Crippen molar-refractivity contribution in [3.63, 3.8) is 0 Å². The molecule has 2 aromatic carbocycles. The minimum Gasteiger partial charge on any atom is -0.352 e. The molecule has 5 heteroatoms. The molecule has 1 N–H and O–H groups in total. The molecule has 1 saturated carbocycles.